The van der Waals surface area contributed by atoms with Crippen LogP contribution in [-0.2, 0) is 19.2 Å². The molecule has 27 heavy (non-hydrogen) atoms. The van der Waals surface area contributed by atoms with Crippen LogP contribution in [-0.4, -0.2) is 34.4 Å². The van der Waals surface area contributed by atoms with Crippen molar-refractivity contribution in [2.45, 2.75) is 45.6 Å². The second-order valence-electron chi connectivity index (χ2n) is 8.62. The largest absolute Gasteiger partial charge is 0.460 e. The summed E-state index contributed by atoms with van der Waals surface area (Å²) in [6, 6.07) is 6.34. The Labute approximate surface area is 156 Å². The molecule has 1 aromatic carbocycles. The molecule has 1 aliphatic heterocycles. The van der Waals surface area contributed by atoms with E-state index in [2.05, 4.69) is 0 Å². The number of benzene rings is 1. The maximum absolute atomic E-state index is 12.7. The van der Waals surface area contributed by atoms with Gasteiger partial charge in [-0.2, -0.15) is 0 Å². The van der Waals surface area contributed by atoms with Gasteiger partial charge in [-0.1, -0.05) is 17.2 Å². The second-order valence-corrected chi connectivity index (χ2v) is 8.62. The van der Waals surface area contributed by atoms with E-state index in [0.29, 0.717) is 24.3 Å². The van der Waals surface area contributed by atoms with Crippen LogP contribution in [0.1, 0.15) is 60.7 Å². The van der Waals surface area contributed by atoms with Crippen LogP contribution >= 0.6 is 0 Å². The third-order valence-corrected chi connectivity index (χ3v) is 5.56. The average molecular weight is 371 g/mol. The Kier molecular flexibility index (Phi) is 3.70. The number of imide groups is 1. The minimum absolute atomic E-state index is 0.0783. The van der Waals surface area contributed by atoms with Crippen LogP contribution in [0.15, 0.2) is 24.3 Å². The van der Waals surface area contributed by atoms with E-state index in [-0.39, 0.29) is 28.9 Å². The molecule has 142 valence electrons. The van der Waals surface area contributed by atoms with Crippen LogP contribution in [0.25, 0.3) is 0 Å². The first kappa shape index (κ1) is 17.7. The molecule has 2 bridgehead atoms. The molecule has 3 aliphatic carbocycles. The maximum Gasteiger partial charge on any atom is 0.339 e. The first-order valence-electron chi connectivity index (χ1n) is 9.04. The van der Waals surface area contributed by atoms with E-state index in [1.165, 1.54) is 12.1 Å². The third-order valence-electron chi connectivity index (χ3n) is 5.56. The zero-order chi connectivity index (χ0) is 19.6. The first-order valence-corrected chi connectivity index (χ1v) is 9.04. The summed E-state index contributed by atoms with van der Waals surface area (Å²) in [4.78, 5) is 55.0. The van der Waals surface area contributed by atoms with Crippen LogP contribution in [0.3, 0.4) is 0 Å². The van der Waals surface area contributed by atoms with Crippen LogP contribution in [0.5, 0.6) is 0 Å². The molecular formula is C20H21NO6. The summed E-state index contributed by atoms with van der Waals surface area (Å²) in [7, 11) is 0. The molecule has 3 saturated carbocycles. The van der Waals surface area contributed by atoms with Gasteiger partial charge < -0.3 is 9.57 Å². The molecule has 0 radical (unpaired) electrons. The molecule has 1 unspecified atom stereocenters. The highest BCUT2D eigenvalue weighted by Crippen LogP contribution is 2.62. The van der Waals surface area contributed by atoms with Crippen LogP contribution in [0, 0.1) is 17.3 Å². The second kappa shape index (κ2) is 5.65. The van der Waals surface area contributed by atoms with Crippen molar-refractivity contribution in [1.29, 1.82) is 0 Å². The van der Waals surface area contributed by atoms with Gasteiger partial charge in [-0.3, -0.25) is 14.4 Å². The summed E-state index contributed by atoms with van der Waals surface area (Å²) in [5.74, 6) is -2.48. The van der Waals surface area contributed by atoms with Crippen molar-refractivity contribution in [3.63, 3.8) is 0 Å². The first-order chi connectivity index (χ1) is 12.6. The smallest absolute Gasteiger partial charge is 0.339 e. The molecule has 7 heteroatoms. The standard InChI is InChI=1S/C20H21NO6/c1-19(2,3)26-17(24)14-10-20(8-11(14)9-20)18(25)27-21-15(22)12-6-4-5-7-13(12)16(21)23/h4-7,11,14H,8-10H2,1-3H3. The van der Waals surface area contributed by atoms with E-state index >= 15 is 0 Å². The fraction of sp³-hybridized carbons (Fsp3) is 0.500. The molecule has 0 saturated heterocycles. The number of rotatable bonds is 3. The zero-order valence-electron chi connectivity index (χ0n) is 15.5. The normalized spacial score (nSPS) is 28.6. The van der Waals surface area contributed by atoms with Gasteiger partial charge >= 0.3 is 11.9 Å². The van der Waals surface area contributed by atoms with Gasteiger partial charge in [0.15, 0.2) is 0 Å². The summed E-state index contributed by atoms with van der Waals surface area (Å²) in [5, 5.41) is 0.538. The van der Waals surface area contributed by atoms with E-state index in [1.807, 2.05) is 0 Å². The molecule has 0 aromatic heterocycles. The molecule has 1 aromatic rings. The van der Waals surface area contributed by atoms with E-state index < -0.39 is 28.8 Å². The summed E-state index contributed by atoms with van der Waals surface area (Å²) in [6.45, 7) is 5.41. The lowest BCUT2D eigenvalue weighted by molar-refractivity contribution is -0.185. The van der Waals surface area contributed by atoms with Crippen molar-refractivity contribution in [1.82, 2.24) is 5.06 Å². The van der Waals surface area contributed by atoms with Gasteiger partial charge in [0, 0.05) is 0 Å². The van der Waals surface area contributed by atoms with Crippen LogP contribution in [0.4, 0.5) is 0 Å². The van der Waals surface area contributed by atoms with Gasteiger partial charge in [-0.15, -0.1) is 0 Å². The fourth-order valence-electron chi connectivity index (χ4n) is 4.32. The summed E-state index contributed by atoms with van der Waals surface area (Å²) < 4.78 is 5.44. The minimum atomic E-state index is -0.818. The molecule has 5 rings (SSSR count). The summed E-state index contributed by atoms with van der Waals surface area (Å²) >= 11 is 0. The van der Waals surface area contributed by atoms with Crippen LogP contribution in [0.2, 0.25) is 0 Å². The van der Waals surface area contributed by atoms with Gasteiger partial charge in [-0.05, 0) is 58.1 Å². The number of hydrogen-bond acceptors (Lipinski definition) is 6. The van der Waals surface area contributed by atoms with E-state index in [0.717, 1.165) is 0 Å². The Hall–Kier alpha value is -2.70. The predicted octanol–water partition coefficient (Wildman–Crippen LogP) is 2.50. The topological polar surface area (TPSA) is 90.0 Å². The van der Waals surface area contributed by atoms with Gasteiger partial charge in [-0.25, -0.2) is 4.79 Å². The number of fused-ring (bicyclic) bond motifs is 2. The van der Waals surface area contributed by atoms with Gasteiger partial charge in [0.2, 0.25) is 0 Å². The van der Waals surface area contributed by atoms with Gasteiger partial charge in [0.05, 0.1) is 22.5 Å². The highest BCUT2D eigenvalue weighted by Gasteiger charge is 2.64. The molecule has 0 spiro atoms. The fourth-order valence-corrected chi connectivity index (χ4v) is 4.32. The predicted molar refractivity (Wildman–Crippen MR) is 92.1 cm³/mol. The van der Waals surface area contributed by atoms with Crippen molar-refractivity contribution in [2.24, 2.45) is 17.3 Å². The van der Waals surface area contributed by atoms with Crippen molar-refractivity contribution in [3.05, 3.63) is 35.4 Å². The SMILES string of the molecule is CC(C)(C)OC(=O)C1CC2(C(=O)ON3C(=O)c4ccccc4C3=O)CC1C2. The Morgan fingerprint density at radius 2 is 1.59 bits per heavy atom. The van der Waals surface area contributed by atoms with Gasteiger partial charge in [0.25, 0.3) is 11.8 Å². The number of carbonyl (C=O) groups is 4. The molecule has 4 aliphatic rings. The molecule has 3 fully saturated rings. The number of hydrogen-bond donors (Lipinski definition) is 0. The number of carbonyl (C=O) groups excluding carboxylic acids is 4. The molecule has 0 N–H and O–H groups in total. The summed E-state index contributed by atoms with van der Waals surface area (Å²) in [6.07, 6.45) is 1.35. The Balaban J connectivity index is 1.45. The number of esters is 1. The lowest BCUT2D eigenvalue weighted by atomic mass is 9.69. The van der Waals surface area contributed by atoms with E-state index in [9.17, 15) is 19.2 Å². The van der Waals surface area contributed by atoms with E-state index in [1.54, 1.807) is 32.9 Å². The van der Waals surface area contributed by atoms with Gasteiger partial charge in [0.1, 0.15) is 5.60 Å². The minimum Gasteiger partial charge on any atom is -0.460 e. The molecular weight excluding hydrogens is 350 g/mol. The lowest BCUT2D eigenvalue weighted by Crippen LogP contribution is -2.43. The molecule has 1 heterocycles. The summed E-state index contributed by atoms with van der Waals surface area (Å²) in [5.41, 5.74) is -0.964. The van der Waals surface area contributed by atoms with Crippen molar-refractivity contribution < 1.29 is 28.8 Å². The number of hydroxylamine groups is 2. The highest BCUT2D eigenvalue weighted by atomic mass is 16.7. The third kappa shape index (κ3) is 2.72. The Bertz CT molecular complexity index is 826. The average Bonchev–Trinajstić information content (AvgIpc) is 3.19. The maximum atomic E-state index is 12.7. The highest BCUT2D eigenvalue weighted by molar-refractivity contribution is 6.20. The van der Waals surface area contributed by atoms with Crippen molar-refractivity contribution >= 4 is 23.8 Å². The number of amides is 2. The Morgan fingerprint density at radius 1 is 1.04 bits per heavy atom. The molecule has 7 nitrogen and oxygen atoms in total. The monoisotopic (exact) mass is 371 g/mol. The zero-order valence-corrected chi connectivity index (χ0v) is 15.5. The lowest BCUT2D eigenvalue weighted by Gasteiger charge is -2.36. The van der Waals surface area contributed by atoms with Crippen molar-refractivity contribution in [3.8, 4) is 0 Å². The van der Waals surface area contributed by atoms with E-state index in [4.69, 9.17) is 9.57 Å². The Morgan fingerprint density at radius 3 is 2.11 bits per heavy atom. The van der Waals surface area contributed by atoms with Crippen molar-refractivity contribution in [2.75, 3.05) is 0 Å². The number of nitrogens with zero attached hydrogens (tertiary/aromatic N) is 1. The molecule has 1 atom stereocenters. The van der Waals surface area contributed by atoms with Crippen LogP contribution < -0.4 is 0 Å². The number of ether oxygens (including phenoxy) is 1. The quantitative estimate of drug-likeness (QED) is 0.599. The molecule has 2 amide bonds.